The largest absolute Gasteiger partial charge is 0.365 e. The lowest BCUT2D eigenvalue weighted by Crippen LogP contribution is -2.45. The summed E-state index contributed by atoms with van der Waals surface area (Å²) < 4.78 is 5.30. The van der Waals surface area contributed by atoms with E-state index in [1.54, 1.807) is 13.0 Å². The Morgan fingerprint density at radius 3 is 2.61 bits per heavy atom. The van der Waals surface area contributed by atoms with Gasteiger partial charge in [-0.1, -0.05) is 36.4 Å². The van der Waals surface area contributed by atoms with E-state index in [-0.39, 0.29) is 5.91 Å². The van der Waals surface area contributed by atoms with Crippen LogP contribution in [0.15, 0.2) is 43.0 Å². The molecule has 3 nitrogen and oxygen atoms in total. The summed E-state index contributed by atoms with van der Waals surface area (Å²) in [6.07, 6.45) is 1.15. The molecule has 1 aromatic carbocycles. The second-order valence-corrected chi connectivity index (χ2v) is 4.74. The Morgan fingerprint density at radius 2 is 2.06 bits per heavy atom. The van der Waals surface area contributed by atoms with Crippen molar-refractivity contribution in [1.29, 1.82) is 0 Å². The van der Waals surface area contributed by atoms with Crippen molar-refractivity contribution in [2.24, 2.45) is 0 Å². The van der Waals surface area contributed by atoms with Gasteiger partial charge in [0, 0.05) is 0 Å². The van der Waals surface area contributed by atoms with E-state index in [1.807, 2.05) is 44.2 Å². The van der Waals surface area contributed by atoms with Crippen LogP contribution in [0.25, 0.3) is 0 Å². The van der Waals surface area contributed by atoms with E-state index in [0.717, 1.165) is 5.56 Å². The summed E-state index contributed by atoms with van der Waals surface area (Å²) in [6, 6.07) is 9.87. The lowest BCUT2D eigenvalue weighted by molar-refractivity contribution is -0.132. The molecule has 0 aromatic heterocycles. The molecule has 1 rings (SSSR count). The molecule has 1 N–H and O–H groups in total. The van der Waals surface area contributed by atoms with Crippen molar-refractivity contribution < 1.29 is 9.53 Å². The van der Waals surface area contributed by atoms with Gasteiger partial charge in [0.05, 0.1) is 12.1 Å². The normalized spacial score (nSPS) is 12.8. The molecule has 0 aliphatic rings. The summed E-state index contributed by atoms with van der Waals surface area (Å²) in [6.45, 7) is 9.61. The van der Waals surface area contributed by atoms with Crippen molar-refractivity contribution in [1.82, 2.24) is 5.32 Å². The van der Waals surface area contributed by atoms with E-state index >= 15 is 0 Å². The molecular formula is C15H21NO2. The monoisotopic (exact) mass is 247 g/mol. The topological polar surface area (TPSA) is 38.3 Å². The Hall–Kier alpha value is -1.61. The fourth-order valence-electron chi connectivity index (χ4n) is 1.62. The summed E-state index contributed by atoms with van der Waals surface area (Å²) in [5, 5.41) is 2.98. The maximum Gasteiger partial charge on any atom is 0.249 e. The Labute approximate surface area is 109 Å². The van der Waals surface area contributed by atoms with Crippen molar-refractivity contribution in [3.8, 4) is 0 Å². The number of amides is 1. The van der Waals surface area contributed by atoms with Crippen molar-refractivity contribution in [2.75, 3.05) is 6.61 Å². The first-order valence-corrected chi connectivity index (χ1v) is 6.07. The van der Waals surface area contributed by atoms with E-state index in [0.29, 0.717) is 6.61 Å². The fourth-order valence-corrected chi connectivity index (χ4v) is 1.62. The summed E-state index contributed by atoms with van der Waals surface area (Å²) in [4.78, 5) is 12.0. The molecule has 0 fully saturated rings. The van der Waals surface area contributed by atoms with Crippen LogP contribution in [-0.4, -0.2) is 18.6 Å². The minimum Gasteiger partial charge on any atom is -0.365 e. The van der Waals surface area contributed by atoms with Gasteiger partial charge in [-0.2, -0.15) is 0 Å². The molecular weight excluding hydrogens is 226 g/mol. The third-order valence-electron chi connectivity index (χ3n) is 2.76. The number of rotatable bonds is 6. The molecule has 3 heteroatoms. The van der Waals surface area contributed by atoms with Crippen LogP contribution in [-0.2, 0) is 15.1 Å². The lowest BCUT2D eigenvalue weighted by atomic mass is 9.94. The van der Waals surface area contributed by atoms with E-state index in [9.17, 15) is 4.79 Å². The van der Waals surface area contributed by atoms with E-state index in [2.05, 4.69) is 11.9 Å². The molecule has 18 heavy (non-hydrogen) atoms. The lowest BCUT2D eigenvalue weighted by Gasteiger charge is -2.28. The zero-order valence-electron chi connectivity index (χ0n) is 11.3. The molecule has 1 aromatic rings. The van der Waals surface area contributed by atoms with Gasteiger partial charge in [0.1, 0.15) is 6.10 Å². The van der Waals surface area contributed by atoms with Crippen molar-refractivity contribution in [2.45, 2.75) is 32.4 Å². The van der Waals surface area contributed by atoms with Gasteiger partial charge in [-0.25, -0.2) is 0 Å². The fraction of sp³-hybridized carbons (Fsp3) is 0.400. The number of hydrogen-bond donors (Lipinski definition) is 1. The highest BCUT2D eigenvalue weighted by atomic mass is 16.5. The molecule has 1 atom stereocenters. The Balaban J connectivity index is 2.65. The summed E-state index contributed by atoms with van der Waals surface area (Å²) in [5.74, 6) is -0.120. The minimum atomic E-state index is -0.481. The first-order valence-electron chi connectivity index (χ1n) is 6.07. The van der Waals surface area contributed by atoms with Gasteiger partial charge < -0.3 is 10.1 Å². The third-order valence-corrected chi connectivity index (χ3v) is 2.76. The molecule has 1 unspecified atom stereocenters. The zero-order valence-corrected chi connectivity index (χ0v) is 11.3. The molecule has 0 radical (unpaired) electrons. The van der Waals surface area contributed by atoms with E-state index < -0.39 is 11.6 Å². The van der Waals surface area contributed by atoms with Crippen molar-refractivity contribution in [3.63, 3.8) is 0 Å². The average Bonchev–Trinajstić information content (AvgIpc) is 2.36. The second-order valence-electron chi connectivity index (χ2n) is 4.74. The van der Waals surface area contributed by atoms with Gasteiger partial charge in [0.25, 0.3) is 0 Å². The number of hydrogen-bond acceptors (Lipinski definition) is 2. The van der Waals surface area contributed by atoms with E-state index in [4.69, 9.17) is 4.74 Å². The highest BCUT2D eigenvalue weighted by Crippen LogP contribution is 2.19. The molecule has 98 valence electrons. The van der Waals surface area contributed by atoms with Crippen molar-refractivity contribution >= 4 is 5.91 Å². The maximum absolute atomic E-state index is 12.0. The van der Waals surface area contributed by atoms with Gasteiger partial charge in [-0.3, -0.25) is 4.79 Å². The molecule has 0 heterocycles. The molecule has 0 aliphatic carbocycles. The van der Waals surface area contributed by atoms with Crippen LogP contribution >= 0.6 is 0 Å². The molecule has 1 amide bonds. The van der Waals surface area contributed by atoms with Crippen LogP contribution in [0, 0.1) is 0 Å². The smallest absolute Gasteiger partial charge is 0.249 e. The number of carbonyl (C=O) groups is 1. The van der Waals surface area contributed by atoms with Crippen LogP contribution in [0.1, 0.15) is 26.3 Å². The standard InChI is InChI=1S/C15H21NO2/c1-5-11-18-12(2)14(17)16-15(3,4)13-9-7-6-8-10-13/h5-10,12H,1,11H2,2-4H3,(H,16,17). The second kappa shape index (κ2) is 6.36. The van der Waals surface area contributed by atoms with Gasteiger partial charge in [0.15, 0.2) is 0 Å². The molecule has 0 aliphatic heterocycles. The number of ether oxygens (including phenoxy) is 1. The summed E-state index contributed by atoms with van der Waals surface area (Å²) in [5.41, 5.74) is 0.652. The molecule has 0 saturated carbocycles. The number of carbonyl (C=O) groups excluding carboxylic acids is 1. The zero-order chi connectivity index (χ0) is 13.6. The van der Waals surface area contributed by atoms with E-state index in [1.165, 1.54) is 0 Å². The Morgan fingerprint density at radius 1 is 1.44 bits per heavy atom. The first-order chi connectivity index (χ1) is 8.47. The molecule has 0 spiro atoms. The van der Waals surface area contributed by atoms with Crippen LogP contribution in [0.5, 0.6) is 0 Å². The Bertz CT molecular complexity index is 398. The summed E-state index contributed by atoms with van der Waals surface area (Å²) >= 11 is 0. The minimum absolute atomic E-state index is 0.120. The maximum atomic E-state index is 12.0. The quantitative estimate of drug-likeness (QED) is 0.785. The number of benzene rings is 1. The average molecular weight is 247 g/mol. The highest BCUT2D eigenvalue weighted by Gasteiger charge is 2.25. The van der Waals surface area contributed by atoms with Gasteiger partial charge >= 0.3 is 0 Å². The van der Waals surface area contributed by atoms with Crippen LogP contribution in [0.2, 0.25) is 0 Å². The number of nitrogens with one attached hydrogen (secondary N) is 1. The van der Waals surface area contributed by atoms with Crippen LogP contribution in [0.4, 0.5) is 0 Å². The Kier molecular flexibility index (Phi) is 5.10. The third kappa shape index (κ3) is 4.00. The van der Waals surface area contributed by atoms with Crippen LogP contribution in [0.3, 0.4) is 0 Å². The van der Waals surface area contributed by atoms with Gasteiger partial charge in [-0.15, -0.1) is 6.58 Å². The first kappa shape index (κ1) is 14.5. The van der Waals surface area contributed by atoms with Crippen molar-refractivity contribution in [3.05, 3.63) is 48.6 Å². The predicted octanol–water partition coefficient (Wildman–Crippen LogP) is 2.63. The SMILES string of the molecule is C=CCOC(C)C(=O)NC(C)(C)c1ccccc1. The predicted molar refractivity (Wildman–Crippen MR) is 73.2 cm³/mol. The van der Waals surface area contributed by atoms with Gasteiger partial charge in [-0.05, 0) is 26.3 Å². The highest BCUT2D eigenvalue weighted by molar-refractivity contribution is 5.81. The molecule has 0 saturated heterocycles. The summed E-state index contributed by atoms with van der Waals surface area (Å²) in [7, 11) is 0. The van der Waals surface area contributed by atoms with Crippen LogP contribution < -0.4 is 5.32 Å². The van der Waals surface area contributed by atoms with Gasteiger partial charge in [0.2, 0.25) is 5.91 Å². The molecule has 0 bridgehead atoms.